The second-order valence-electron chi connectivity index (χ2n) is 8.48. The fraction of sp³-hybridized carbons (Fsp3) is 0.375. The van der Waals surface area contributed by atoms with Crippen LogP contribution in [0.1, 0.15) is 40.3 Å². The van der Waals surface area contributed by atoms with Gasteiger partial charge in [-0.1, -0.05) is 0 Å². The van der Waals surface area contributed by atoms with Crippen molar-refractivity contribution >= 4 is 28.3 Å². The van der Waals surface area contributed by atoms with E-state index in [9.17, 15) is 18.0 Å². The molecule has 11 heteroatoms. The molecule has 35 heavy (non-hydrogen) atoms. The Bertz CT molecular complexity index is 1260. The third kappa shape index (κ3) is 5.24. The fourth-order valence-corrected chi connectivity index (χ4v) is 4.13. The fourth-order valence-electron chi connectivity index (χ4n) is 4.13. The van der Waals surface area contributed by atoms with Crippen molar-refractivity contribution in [3.8, 4) is 5.75 Å². The largest absolute Gasteiger partial charge is 0.496 e. The number of nitrogens with two attached hydrogens (primary N) is 1. The van der Waals surface area contributed by atoms with E-state index >= 15 is 0 Å². The number of aromatic nitrogens is 2. The number of nitrogens with one attached hydrogen (secondary N) is 2. The molecule has 1 atom stereocenters. The molecule has 1 saturated heterocycles. The van der Waals surface area contributed by atoms with Crippen LogP contribution in [0.5, 0.6) is 5.75 Å². The number of ether oxygens (including phenoxy) is 1. The summed E-state index contributed by atoms with van der Waals surface area (Å²) in [7, 11) is 1.48. The lowest BCUT2D eigenvalue weighted by Crippen LogP contribution is -2.46. The molecule has 186 valence electrons. The van der Waals surface area contributed by atoms with Crippen molar-refractivity contribution in [2.24, 2.45) is 0 Å². The van der Waals surface area contributed by atoms with E-state index in [0.29, 0.717) is 52.5 Å². The SMILES string of the molecule is COc1cc2c(NC(C)c3cc(N)cc(C(F)(F)F)c3)nc(C)nc2cc1C(=O)N1CCNCC1. The topological polar surface area (TPSA) is 105 Å². The van der Waals surface area contributed by atoms with Crippen molar-refractivity contribution < 1.29 is 22.7 Å². The van der Waals surface area contributed by atoms with E-state index in [0.717, 1.165) is 25.2 Å². The number of benzene rings is 2. The standard InChI is InChI=1S/C24H27F3N6O2/c1-13(15-8-16(24(25,26)27)10-17(28)9-15)30-22-18-12-21(35-3)19(11-20(18)31-14(2)32-22)23(34)33-6-4-29-5-7-33/h8-13,29H,4-7,28H2,1-3H3,(H,30,31,32). The van der Waals surface area contributed by atoms with Gasteiger partial charge in [-0.2, -0.15) is 13.2 Å². The minimum Gasteiger partial charge on any atom is -0.496 e. The number of anilines is 2. The van der Waals surface area contributed by atoms with Gasteiger partial charge in [0.1, 0.15) is 17.4 Å². The van der Waals surface area contributed by atoms with Crippen LogP contribution in [0.3, 0.4) is 0 Å². The number of carbonyl (C=O) groups excluding carboxylic acids is 1. The molecule has 8 nitrogen and oxygen atoms in total. The van der Waals surface area contributed by atoms with Crippen LogP contribution < -0.4 is 21.1 Å². The lowest BCUT2D eigenvalue weighted by Gasteiger charge is -2.28. The molecule has 0 saturated carbocycles. The van der Waals surface area contributed by atoms with Crippen LogP contribution >= 0.6 is 0 Å². The number of amides is 1. The summed E-state index contributed by atoms with van der Waals surface area (Å²) in [4.78, 5) is 23.9. The van der Waals surface area contributed by atoms with Crippen molar-refractivity contribution in [3.63, 3.8) is 0 Å². The average molecular weight is 489 g/mol. The van der Waals surface area contributed by atoms with Crippen LogP contribution in [0, 0.1) is 6.92 Å². The normalized spacial score (nSPS) is 15.2. The van der Waals surface area contributed by atoms with Gasteiger partial charge in [-0.05, 0) is 49.7 Å². The highest BCUT2D eigenvalue weighted by Gasteiger charge is 2.31. The number of hydrogen-bond acceptors (Lipinski definition) is 7. The van der Waals surface area contributed by atoms with Crippen molar-refractivity contribution in [2.75, 3.05) is 44.3 Å². The number of nitrogen functional groups attached to an aromatic ring is 1. The second-order valence-corrected chi connectivity index (χ2v) is 8.48. The Hall–Kier alpha value is -3.60. The maximum Gasteiger partial charge on any atom is 0.416 e. The number of nitrogens with zero attached hydrogens (tertiary/aromatic N) is 3. The van der Waals surface area contributed by atoms with Crippen molar-refractivity contribution in [2.45, 2.75) is 26.1 Å². The highest BCUT2D eigenvalue weighted by Crippen LogP contribution is 2.35. The second kappa shape index (κ2) is 9.57. The maximum atomic E-state index is 13.3. The van der Waals surface area contributed by atoms with Crippen LogP contribution in [0.25, 0.3) is 10.9 Å². The zero-order valence-corrected chi connectivity index (χ0v) is 19.7. The Morgan fingerprint density at radius 3 is 2.54 bits per heavy atom. The molecule has 4 rings (SSSR count). The summed E-state index contributed by atoms with van der Waals surface area (Å²) in [5, 5.41) is 6.97. The molecular formula is C24H27F3N6O2. The van der Waals surface area contributed by atoms with Gasteiger partial charge in [0.2, 0.25) is 0 Å². The quantitative estimate of drug-likeness (QED) is 0.470. The third-order valence-electron chi connectivity index (χ3n) is 5.92. The molecule has 0 radical (unpaired) electrons. The first-order chi connectivity index (χ1) is 16.6. The monoisotopic (exact) mass is 488 g/mol. The number of aryl methyl sites for hydroxylation is 1. The molecule has 2 heterocycles. The maximum absolute atomic E-state index is 13.3. The molecule has 0 bridgehead atoms. The number of carbonyl (C=O) groups is 1. The Balaban J connectivity index is 1.72. The van der Waals surface area contributed by atoms with E-state index in [1.165, 1.54) is 13.2 Å². The molecule has 4 N–H and O–H groups in total. The van der Waals surface area contributed by atoms with Gasteiger partial charge in [0.05, 0.1) is 29.8 Å². The van der Waals surface area contributed by atoms with Crippen LogP contribution in [0.15, 0.2) is 30.3 Å². The molecule has 1 aliphatic heterocycles. The number of alkyl halides is 3. The predicted molar refractivity (Wildman–Crippen MR) is 127 cm³/mol. The minimum absolute atomic E-state index is 0.0185. The first-order valence-electron chi connectivity index (χ1n) is 11.2. The van der Waals surface area contributed by atoms with Crippen molar-refractivity contribution in [1.29, 1.82) is 0 Å². The molecule has 0 spiro atoms. The van der Waals surface area contributed by atoms with E-state index in [-0.39, 0.29) is 11.6 Å². The summed E-state index contributed by atoms with van der Waals surface area (Å²) in [5.74, 6) is 1.08. The summed E-state index contributed by atoms with van der Waals surface area (Å²) in [6.07, 6.45) is -4.51. The van der Waals surface area contributed by atoms with Gasteiger partial charge >= 0.3 is 6.18 Å². The van der Waals surface area contributed by atoms with E-state index in [1.807, 2.05) is 0 Å². The molecule has 1 aliphatic rings. The zero-order valence-electron chi connectivity index (χ0n) is 19.7. The zero-order chi connectivity index (χ0) is 25.3. The Labute approximate surface area is 200 Å². The van der Waals surface area contributed by atoms with Gasteiger partial charge in [0.25, 0.3) is 5.91 Å². The molecule has 1 unspecified atom stereocenters. The van der Waals surface area contributed by atoms with Gasteiger partial charge in [-0.3, -0.25) is 4.79 Å². The number of piperazine rings is 1. The summed E-state index contributed by atoms with van der Waals surface area (Å²) < 4.78 is 45.3. The van der Waals surface area contributed by atoms with Crippen LogP contribution in [-0.2, 0) is 6.18 Å². The number of hydrogen-bond donors (Lipinski definition) is 3. The highest BCUT2D eigenvalue weighted by atomic mass is 19.4. The lowest BCUT2D eigenvalue weighted by molar-refractivity contribution is -0.137. The number of fused-ring (bicyclic) bond motifs is 1. The molecule has 1 amide bonds. The van der Waals surface area contributed by atoms with Crippen LogP contribution in [-0.4, -0.2) is 54.1 Å². The Kier molecular flexibility index (Phi) is 6.70. The van der Waals surface area contributed by atoms with E-state index < -0.39 is 17.8 Å². The summed E-state index contributed by atoms with van der Waals surface area (Å²) in [6.45, 7) is 6.04. The van der Waals surface area contributed by atoms with Gasteiger partial charge in [-0.25, -0.2) is 9.97 Å². The van der Waals surface area contributed by atoms with E-state index in [1.54, 1.807) is 30.9 Å². The first-order valence-corrected chi connectivity index (χ1v) is 11.2. The number of rotatable bonds is 5. The molecule has 3 aromatic rings. The average Bonchev–Trinajstić information content (AvgIpc) is 2.82. The molecular weight excluding hydrogens is 461 g/mol. The third-order valence-corrected chi connectivity index (χ3v) is 5.92. The van der Waals surface area contributed by atoms with Gasteiger partial charge in [0.15, 0.2) is 0 Å². The van der Waals surface area contributed by atoms with E-state index in [2.05, 4.69) is 20.6 Å². The van der Waals surface area contributed by atoms with Gasteiger partial charge < -0.3 is 26.0 Å². The molecule has 2 aromatic carbocycles. The Morgan fingerprint density at radius 2 is 1.89 bits per heavy atom. The summed E-state index contributed by atoms with van der Waals surface area (Å²) >= 11 is 0. The molecule has 0 aliphatic carbocycles. The summed E-state index contributed by atoms with van der Waals surface area (Å²) in [6, 6.07) is 6.27. The Morgan fingerprint density at radius 1 is 1.17 bits per heavy atom. The van der Waals surface area contributed by atoms with Crippen molar-refractivity contribution in [1.82, 2.24) is 20.2 Å². The van der Waals surface area contributed by atoms with Crippen LogP contribution in [0.2, 0.25) is 0 Å². The highest BCUT2D eigenvalue weighted by molar-refractivity contribution is 6.02. The lowest BCUT2D eigenvalue weighted by atomic mass is 10.0. The molecule has 1 aromatic heterocycles. The van der Waals surface area contributed by atoms with Gasteiger partial charge in [-0.15, -0.1) is 0 Å². The van der Waals surface area contributed by atoms with E-state index in [4.69, 9.17) is 10.5 Å². The predicted octanol–water partition coefficient (Wildman–Crippen LogP) is 3.77. The van der Waals surface area contributed by atoms with Gasteiger partial charge in [0, 0.05) is 37.3 Å². The summed E-state index contributed by atoms with van der Waals surface area (Å²) in [5.41, 5.74) is 6.21. The first kappa shape index (κ1) is 24.5. The van der Waals surface area contributed by atoms with Crippen LogP contribution in [0.4, 0.5) is 24.7 Å². The molecule has 1 fully saturated rings. The van der Waals surface area contributed by atoms with Crippen molar-refractivity contribution in [3.05, 3.63) is 52.8 Å². The minimum atomic E-state index is -4.51. The number of methoxy groups -OCH3 is 1. The smallest absolute Gasteiger partial charge is 0.416 e. The number of halogens is 3.